The third kappa shape index (κ3) is 10.3. The van der Waals surface area contributed by atoms with E-state index in [1.165, 1.54) is 34.5 Å². The topological polar surface area (TPSA) is 187 Å². The summed E-state index contributed by atoms with van der Waals surface area (Å²) in [5.41, 5.74) is 12.0. The number of rotatable bonds is 16. The lowest BCUT2D eigenvalue weighted by molar-refractivity contribution is -0.136. The van der Waals surface area contributed by atoms with E-state index in [0.29, 0.717) is 17.6 Å². The van der Waals surface area contributed by atoms with Gasteiger partial charge in [-0.2, -0.15) is 0 Å². The zero-order valence-electron chi connectivity index (χ0n) is 25.5. The minimum absolute atomic E-state index is 0.0410. The second-order valence-electron chi connectivity index (χ2n) is 10.2. The average molecular weight is 593 g/mol. The van der Waals surface area contributed by atoms with Crippen LogP contribution in [0.3, 0.4) is 0 Å². The molecule has 12 heteroatoms. The van der Waals surface area contributed by atoms with E-state index >= 15 is 0 Å². The van der Waals surface area contributed by atoms with Crippen LogP contribution in [0.25, 0.3) is 0 Å². The highest BCUT2D eigenvalue weighted by molar-refractivity contribution is 6.21. The highest BCUT2D eigenvalue weighted by Crippen LogP contribution is 2.28. The minimum Gasteiger partial charge on any atom is -0.492 e. The first-order valence-electron chi connectivity index (χ1n) is 13.4. The number of hydrogen-bond acceptors (Lipinski definition) is 11. The fourth-order valence-corrected chi connectivity index (χ4v) is 4.64. The molecule has 6 atom stereocenters. The number of ketones is 2. The van der Waals surface area contributed by atoms with Crippen LogP contribution in [-0.4, -0.2) is 81.6 Å². The number of aliphatic hydroxyl groups is 1. The predicted octanol–water partition coefficient (Wildman–Crippen LogP) is 2.41. The smallest absolute Gasteiger partial charge is 0.405 e. The molecule has 0 aromatic heterocycles. The van der Waals surface area contributed by atoms with Crippen molar-refractivity contribution >= 4 is 23.6 Å². The molecule has 1 amide bonds. The number of Topliss-reactive ketones (excluding diaryl/α,β-unsaturated/α-hetero) is 1. The average Bonchev–Trinajstić information content (AvgIpc) is 2.94. The summed E-state index contributed by atoms with van der Waals surface area (Å²) >= 11 is 0. The minimum atomic E-state index is -1.02. The van der Waals surface area contributed by atoms with Gasteiger partial charge in [0.15, 0.2) is 11.9 Å². The predicted molar refractivity (Wildman–Crippen MR) is 155 cm³/mol. The van der Waals surface area contributed by atoms with Gasteiger partial charge in [0.25, 0.3) is 0 Å². The van der Waals surface area contributed by atoms with Crippen LogP contribution in [0.15, 0.2) is 58.6 Å². The molecule has 0 saturated heterocycles. The van der Waals surface area contributed by atoms with Gasteiger partial charge in [-0.1, -0.05) is 38.2 Å². The van der Waals surface area contributed by atoms with Crippen molar-refractivity contribution in [1.82, 2.24) is 0 Å². The number of methoxy groups -OCH3 is 4. The van der Waals surface area contributed by atoms with Crippen LogP contribution < -0.4 is 11.5 Å². The molecule has 6 unspecified atom stereocenters. The van der Waals surface area contributed by atoms with Gasteiger partial charge in [0.05, 0.1) is 32.1 Å². The summed E-state index contributed by atoms with van der Waals surface area (Å²) in [6, 6.07) is 0. The van der Waals surface area contributed by atoms with Gasteiger partial charge in [0.2, 0.25) is 11.6 Å². The Morgan fingerprint density at radius 1 is 1.07 bits per heavy atom. The molecule has 0 fully saturated rings. The third-order valence-electron chi connectivity index (χ3n) is 6.88. The quantitative estimate of drug-likeness (QED) is 0.0785. The Bertz CT molecular complexity index is 1150. The summed E-state index contributed by atoms with van der Waals surface area (Å²) in [6.45, 7) is 6.93. The number of carbonyl (C=O) groups excluding carboxylic acids is 4. The first-order valence-corrected chi connectivity index (χ1v) is 13.4. The maximum Gasteiger partial charge on any atom is 0.405 e. The van der Waals surface area contributed by atoms with Crippen LogP contribution in [0.2, 0.25) is 0 Å². The third-order valence-corrected chi connectivity index (χ3v) is 6.88. The van der Waals surface area contributed by atoms with Gasteiger partial charge in [0, 0.05) is 37.4 Å². The molecular weight excluding hydrogens is 548 g/mol. The summed E-state index contributed by atoms with van der Waals surface area (Å²) in [5, 5.41) is 11.2. The lowest BCUT2D eigenvalue weighted by atomic mass is 9.85. The molecule has 1 aliphatic rings. The van der Waals surface area contributed by atoms with E-state index in [4.69, 9.17) is 30.4 Å². The Morgan fingerprint density at radius 2 is 1.71 bits per heavy atom. The number of nitrogens with two attached hydrogens (primary N) is 2. The van der Waals surface area contributed by atoms with E-state index in [0.717, 1.165) is 6.08 Å². The summed E-state index contributed by atoms with van der Waals surface area (Å²) in [6.07, 6.45) is 3.66. The largest absolute Gasteiger partial charge is 0.492 e. The summed E-state index contributed by atoms with van der Waals surface area (Å²) in [4.78, 5) is 48.1. The summed E-state index contributed by atoms with van der Waals surface area (Å²) < 4.78 is 26.3. The molecule has 0 aromatic carbocycles. The molecule has 12 nitrogen and oxygen atoms in total. The zero-order valence-corrected chi connectivity index (χ0v) is 25.5. The Hall–Kier alpha value is -3.74. The van der Waals surface area contributed by atoms with Crippen molar-refractivity contribution in [2.45, 2.75) is 65.0 Å². The van der Waals surface area contributed by atoms with Crippen molar-refractivity contribution in [3.8, 4) is 0 Å². The number of carbonyl (C=O) groups is 4. The summed E-state index contributed by atoms with van der Waals surface area (Å²) in [5.74, 6) is -2.14. The van der Waals surface area contributed by atoms with Crippen LogP contribution in [0.5, 0.6) is 0 Å². The number of primary amides is 1. The molecular formula is C30H44N2O10. The van der Waals surface area contributed by atoms with Crippen molar-refractivity contribution in [2.24, 2.45) is 23.3 Å². The van der Waals surface area contributed by atoms with Crippen molar-refractivity contribution in [3.05, 3.63) is 58.6 Å². The highest BCUT2D eigenvalue weighted by Gasteiger charge is 2.32. The van der Waals surface area contributed by atoms with Crippen LogP contribution >= 0.6 is 0 Å². The van der Waals surface area contributed by atoms with E-state index in [2.05, 4.69) is 4.74 Å². The molecule has 1 rings (SSSR count). The van der Waals surface area contributed by atoms with Gasteiger partial charge < -0.3 is 40.3 Å². The Balaban J connectivity index is 3.12. The summed E-state index contributed by atoms with van der Waals surface area (Å²) in [7, 11) is 5.49. The zero-order chi connectivity index (χ0) is 32.1. The number of aliphatic hydroxyl groups excluding tert-OH is 1. The lowest BCUT2D eigenvalue weighted by Crippen LogP contribution is -2.37. The molecule has 0 spiro atoms. The molecule has 42 heavy (non-hydrogen) atoms. The standard InChI is InChI=1S/C30H44N2O10/c1-16(12-20-26(35)21(31)15-22(33)28(20)40-7)13-24(39-6)25(34)18(3)14-19(4)27(42-30(32)37)23(38-5)11-9-10-17(2)29(36)41-8/h9-11,14-16,18,23-25,27,34H,12-13,31H2,1-8H3,(H2,32,37)/b11-9?,17-10?,19-14+. The first kappa shape index (κ1) is 36.3. The maximum atomic E-state index is 12.6. The molecule has 0 saturated carbocycles. The highest BCUT2D eigenvalue weighted by atomic mass is 16.6. The van der Waals surface area contributed by atoms with Gasteiger partial charge in [-0.3, -0.25) is 9.59 Å². The van der Waals surface area contributed by atoms with Crippen molar-refractivity contribution in [2.75, 3.05) is 28.4 Å². The first-order chi connectivity index (χ1) is 19.7. The molecule has 0 aromatic rings. The number of amides is 1. The van der Waals surface area contributed by atoms with Crippen LogP contribution in [0.1, 0.15) is 40.5 Å². The molecule has 0 radical (unpaired) electrons. The number of hydrogen-bond donors (Lipinski definition) is 3. The molecule has 234 valence electrons. The van der Waals surface area contributed by atoms with E-state index in [9.17, 15) is 24.3 Å². The van der Waals surface area contributed by atoms with E-state index < -0.39 is 54.0 Å². The van der Waals surface area contributed by atoms with E-state index in [1.807, 2.05) is 6.92 Å². The van der Waals surface area contributed by atoms with Crippen molar-refractivity contribution in [1.29, 1.82) is 0 Å². The Kier molecular flexibility index (Phi) is 14.9. The molecule has 0 aliphatic heterocycles. The molecule has 0 heterocycles. The fraction of sp³-hybridized carbons (Fsp3) is 0.533. The lowest BCUT2D eigenvalue weighted by Gasteiger charge is -2.29. The van der Waals surface area contributed by atoms with Gasteiger partial charge in [0.1, 0.15) is 6.10 Å². The second kappa shape index (κ2) is 17.3. The number of esters is 1. The molecule has 0 bridgehead atoms. The number of ether oxygens (including phenoxy) is 5. The Morgan fingerprint density at radius 3 is 2.24 bits per heavy atom. The van der Waals surface area contributed by atoms with Crippen LogP contribution in [-0.2, 0) is 38.1 Å². The van der Waals surface area contributed by atoms with Crippen LogP contribution in [0, 0.1) is 11.8 Å². The number of allylic oxidation sites excluding steroid dienone is 4. The van der Waals surface area contributed by atoms with E-state index in [1.54, 1.807) is 39.0 Å². The van der Waals surface area contributed by atoms with E-state index in [-0.39, 0.29) is 29.4 Å². The fourth-order valence-electron chi connectivity index (χ4n) is 4.64. The van der Waals surface area contributed by atoms with Gasteiger partial charge in [-0.15, -0.1) is 0 Å². The monoisotopic (exact) mass is 592 g/mol. The maximum absolute atomic E-state index is 12.6. The van der Waals surface area contributed by atoms with Crippen molar-refractivity contribution < 1.29 is 48.0 Å². The van der Waals surface area contributed by atoms with Gasteiger partial charge >= 0.3 is 12.1 Å². The molecule has 5 N–H and O–H groups in total. The second-order valence-corrected chi connectivity index (χ2v) is 10.2. The van der Waals surface area contributed by atoms with Gasteiger partial charge in [-0.25, -0.2) is 9.59 Å². The molecule has 1 aliphatic carbocycles. The SMILES string of the molecule is COC(=O)C(C)=CC=CC(OC)C(OC(N)=O)/C(C)=C/C(C)C(O)C(CC(C)CC1=C(OC)C(=O)C=C(N)C1=O)OC. The van der Waals surface area contributed by atoms with Gasteiger partial charge in [-0.05, 0) is 38.2 Å². The normalized spacial score (nSPS) is 19.1. The van der Waals surface area contributed by atoms with Crippen LogP contribution in [0.4, 0.5) is 4.79 Å². The van der Waals surface area contributed by atoms with Crippen molar-refractivity contribution in [3.63, 3.8) is 0 Å². The Labute approximate surface area is 247 Å².